The maximum Gasteiger partial charge on any atom is 0.246 e. The lowest BCUT2D eigenvalue weighted by molar-refractivity contribution is -0.117. The van der Waals surface area contributed by atoms with Crippen LogP contribution in [0.3, 0.4) is 0 Å². The number of likely N-dealkylation sites (N-methyl/N-ethyl adjacent to an activating group) is 1. The van der Waals surface area contributed by atoms with Crippen LogP contribution in [0.15, 0.2) is 47.4 Å². The number of sulfonamides is 1. The monoisotopic (exact) mass is 489 g/mol. The van der Waals surface area contributed by atoms with Gasteiger partial charge in [-0.15, -0.1) is 0 Å². The van der Waals surface area contributed by atoms with Gasteiger partial charge in [0.15, 0.2) is 0 Å². The molecule has 1 aliphatic heterocycles. The van der Waals surface area contributed by atoms with Gasteiger partial charge in [0.05, 0.1) is 13.2 Å². The normalized spacial score (nSPS) is 14.7. The maximum atomic E-state index is 13.3. The fourth-order valence-electron chi connectivity index (χ4n) is 3.86. The average molecular weight is 490 g/mol. The lowest BCUT2D eigenvalue weighted by Gasteiger charge is -2.27. The molecule has 3 rings (SSSR count). The smallest absolute Gasteiger partial charge is 0.246 e. The summed E-state index contributed by atoms with van der Waals surface area (Å²) in [6, 6.07) is 12.6. The molecule has 0 saturated carbocycles. The summed E-state index contributed by atoms with van der Waals surface area (Å²) >= 11 is 0. The lowest BCUT2D eigenvalue weighted by Crippen LogP contribution is -2.36. The van der Waals surface area contributed by atoms with E-state index in [1.54, 1.807) is 12.1 Å². The summed E-state index contributed by atoms with van der Waals surface area (Å²) in [5, 5.41) is 2.81. The fourth-order valence-corrected chi connectivity index (χ4v) is 5.54. The number of para-hydroxylation sites is 1. The number of amides is 1. The predicted octanol–water partition coefficient (Wildman–Crippen LogP) is 3.52. The first-order valence-electron chi connectivity index (χ1n) is 11.7. The number of nitrogens with zero attached hydrogens (tertiary/aromatic N) is 2. The first-order valence-corrected chi connectivity index (χ1v) is 13.2. The van der Waals surface area contributed by atoms with Crippen molar-refractivity contribution in [2.45, 2.75) is 38.0 Å². The van der Waals surface area contributed by atoms with E-state index in [-0.39, 0.29) is 17.3 Å². The molecule has 1 saturated heterocycles. The number of anilines is 1. The maximum absolute atomic E-state index is 13.3. The van der Waals surface area contributed by atoms with Gasteiger partial charge in [-0.3, -0.25) is 9.69 Å². The number of piperidine rings is 1. The van der Waals surface area contributed by atoms with Gasteiger partial charge in [0.25, 0.3) is 0 Å². The van der Waals surface area contributed by atoms with Crippen molar-refractivity contribution in [3.63, 3.8) is 0 Å². The summed E-state index contributed by atoms with van der Waals surface area (Å²) in [7, 11) is -1.87. The number of rotatable bonds is 11. The van der Waals surface area contributed by atoms with E-state index in [0.29, 0.717) is 44.3 Å². The molecule has 9 heteroatoms. The highest BCUT2D eigenvalue weighted by molar-refractivity contribution is 7.89. The molecular weight excluding hydrogens is 454 g/mol. The Labute approximate surface area is 202 Å². The van der Waals surface area contributed by atoms with Crippen molar-refractivity contribution < 1.29 is 22.7 Å². The molecule has 1 amide bonds. The molecule has 0 atom stereocenters. The largest absolute Gasteiger partial charge is 0.492 e. The van der Waals surface area contributed by atoms with Gasteiger partial charge in [-0.25, -0.2) is 8.42 Å². The summed E-state index contributed by atoms with van der Waals surface area (Å²) in [6.45, 7) is 6.33. The van der Waals surface area contributed by atoms with Gasteiger partial charge in [-0.1, -0.05) is 24.6 Å². The molecule has 0 aliphatic carbocycles. The lowest BCUT2D eigenvalue weighted by atomic mass is 10.2. The van der Waals surface area contributed by atoms with Crippen molar-refractivity contribution in [3.8, 4) is 11.5 Å². The minimum Gasteiger partial charge on any atom is -0.492 e. The Morgan fingerprint density at radius 2 is 1.79 bits per heavy atom. The zero-order chi connectivity index (χ0) is 24.6. The van der Waals surface area contributed by atoms with Crippen LogP contribution >= 0.6 is 0 Å². The zero-order valence-electron chi connectivity index (χ0n) is 20.2. The van der Waals surface area contributed by atoms with Gasteiger partial charge in [0, 0.05) is 25.3 Å². The van der Waals surface area contributed by atoms with E-state index in [4.69, 9.17) is 9.47 Å². The Bertz CT molecular complexity index is 1070. The molecular formula is C25H35N3O5S. The molecule has 8 nitrogen and oxygen atoms in total. The van der Waals surface area contributed by atoms with Crippen molar-refractivity contribution in [2.24, 2.45) is 0 Å². The third kappa shape index (κ3) is 6.94. The number of benzene rings is 2. The molecule has 1 N–H and O–H groups in total. The third-order valence-electron chi connectivity index (χ3n) is 5.70. The summed E-state index contributed by atoms with van der Waals surface area (Å²) in [4.78, 5) is 14.5. The Hall–Kier alpha value is -2.62. The zero-order valence-corrected chi connectivity index (χ0v) is 21.1. The van der Waals surface area contributed by atoms with Crippen LogP contribution in [-0.4, -0.2) is 70.0 Å². The highest BCUT2D eigenvalue weighted by Crippen LogP contribution is 2.31. The number of carbonyl (C=O) groups is 1. The van der Waals surface area contributed by atoms with E-state index in [9.17, 15) is 13.2 Å². The SMILES string of the molecule is CCOc1ccc(NC(=O)CN(C)CCOc2ccccc2C)cc1S(=O)(=O)N1CCCCC1. The van der Waals surface area contributed by atoms with E-state index in [1.165, 1.54) is 10.4 Å². The van der Waals surface area contributed by atoms with Crippen LogP contribution in [-0.2, 0) is 14.8 Å². The van der Waals surface area contributed by atoms with Crippen LogP contribution in [0.2, 0.25) is 0 Å². The number of hydrogen-bond acceptors (Lipinski definition) is 6. The van der Waals surface area contributed by atoms with Crippen LogP contribution in [0, 0.1) is 6.92 Å². The van der Waals surface area contributed by atoms with E-state index < -0.39 is 10.0 Å². The minimum atomic E-state index is -3.71. The number of hydrogen-bond donors (Lipinski definition) is 1. The highest BCUT2D eigenvalue weighted by Gasteiger charge is 2.29. The second-order valence-corrected chi connectivity index (χ2v) is 10.4. The standard InChI is InChI=1S/C25H35N3O5S/c1-4-32-23-13-12-21(18-24(23)34(30,31)28-14-8-5-9-15-28)26-25(29)19-27(3)16-17-33-22-11-7-6-10-20(22)2/h6-7,10-13,18H,4-5,8-9,14-17,19H2,1-3H3,(H,26,29). The summed E-state index contributed by atoms with van der Waals surface area (Å²) in [6.07, 6.45) is 2.73. The van der Waals surface area contributed by atoms with Gasteiger partial charge in [0.2, 0.25) is 15.9 Å². The average Bonchev–Trinajstić information content (AvgIpc) is 2.82. The number of aryl methyl sites for hydroxylation is 1. The molecule has 0 radical (unpaired) electrons. The van der Waals surface area contributed by atoms with E-state index in [2.05, 4.69) is 5.32 Å². The molecule has 0 bridgehead atoms. The molecule has 34 heavy (non-hydrogen) atoms. The molecule has 0 spiro atoms. The van der Waals surface area contributed by atoms with Gasteiger partial charge in [-0.2, -0.15) is 4.31 Å². The molecule has 186 valence electrons. The first kappa shape index (κ1) is 26.0. The van der Waals surface area contributed by atoms with Crippen LogP contribution < -0.4 is 14.8 Å². The summed E-state index contributed by atoms with van der Waals surface area (Å²) in [5.41, 5.74) is 1.49. The van der Waals surface area contributed by atoms with Crippen molar-refractivity contribution in [1.82, 2.24) is 9.21 Å². The van der Waals surface area contributed by atoms with Crippen molar-refractivity contribution in [1.29, 1.82) is 0 Å². The number of carbonyl (C=O) groups excluding carboxylic acids is 1. The first-order chi connectivity index (χ1) is 16.3. The molecule has 1 aliphatic rings. The predicted molar refractivity (Wildman–Crippen MR) is 133 cm³/mol. The van der Waals surface area contributed by atoms with Crippen LogP contribution in [0.5, 0.6) is 11.5 Å². The van der Waals surface area contributed by atoms with Crippen LogP contribution in [0.1, 0.15) is 31.7 Å². The highest BCUT2D eigenvalue weighted by atomic mass is 32.2. The Balaban J connectivity index is 1.61. The molecule has 0 aromatic heterocycles. The Morgan fingerprint density at radius 1 is 1.06 bits per heavy atom. The molecule has 2 aromatic rings. The van der Waals surface area contributed by atoms with E-state index in [0.717, 1.165) is 30.6 Å². The molecule has 1 fully saturated rings. The number of ether oxygens (including phenoxy) is 2. The summed E-state index contributed by atoms with van der Waals surface area (Å²) < 4.78 is 39.4. The van der Waals surface area contributed by atoms with Gasteiger partial charge >= 0.3 is 0 Å². The second-order valence-electron chi connectivity index (χ2n) is 8.46. The van der Waals surface area contributed by atoms with E-state index in [1.807, 2.05) is 50.1 Å². The van der Waals surface area contributed by atoms with Crippen molar-refractivity contribution in [2.75, 3.05) is 51.8 Å². The fraction of sp³-hybridized carbons (Fsp3) is 0.480. The molecule has 0 unspecified atom stereocenters. The number of nitrogens with one attached hydrogen (secondary N) is 1. The molecule has 2 aromatic carbocycles. The van der Waals surface area contributed by atoms with Crippen LogP contribution in [0.25, 0.3) is 0 Å². The molecule has 1 heterocycles. The topological polar surface area (TPSA) is 88.2 Å². The quantitative estimate of drug-likeness (QED) is 0.520. The van der Waals surface area contributed by atoms with Gasteiger partial charge < -0.3 is 14.8 Å². The van der Waals surface area contributed by atoms with Crippen LogP contribution in [0.4, 0.5) is 5.69 Å². The Morgan fingerprint density at radius 3 is 2.50 bits per heavy atom. The second kappa shape index (κ2) is 12.2. The summed E-state index contributed by atoms with van der Waals surface area (Å²) in [5.74, 6) is 0.901. The van der Waals surface area contributed by atoms with Crippen molar-refractivity contribution in [3.05, 3.63) is 48.0 Å². The third-order valence-corrected chi connectivity index (χ3v) is 7.62. The Kier molecular flexibility index (Phi) is 9.32. The van der Waals surface area contributed by atoms with Crippen molar-refractivity contribution >= 4 is 21.6 Å². The van der Waals surface area contributed by atoms with Gasteiger partial charge in [0.1, 0.15) is 23.0 Å². The van der Waals surface area contributed by atoms with E-state index >= 15 is 0 Å². The minimum absolute atomic E-state index is 0.0917. The van der Waals surface area contributed by atoms with Gasteiger partial charge in [-0.05, 0) is 63.6 Å².